The topological polar surface area (TPSA) is 13.1 Å². The molecule has 0 aromatic carbocycles. The standard InChI is InChI=1S/C15H26O/c1-7-12(11(2)3)8-14-9-13(10-16-14)15(4,5)6/h9-12H,7-8H2,1-6H3. The van der Waals surface area contributed by atoms with Crippen LogP contribution in [0.3, 0.4) is 0 Å². The van der Waals surface area contributed by atoms with Crippen LogP contribution in [0.5, 0.6) is 0 Å². The Kier molecular flexibility index (Phi) is 4.23. The maximum absolute atomic E-state index is 5.67. The Balaban J connectivity index is 2.72. The first-order chi connectivity index (χ1) is 7.34. The average molecular weight is 222 g/mol. The third-order valence-corrected chi connectivity index (χ3v) is 3.45. The summed E-state index contributed by atoms with van der Waals surface area (Å²) in [7, 11) is 0. The van der Waals surface area contributed by atoms with Crippen LogP contribution in [0.1, 0.15) is 59.3 Å². The minimum atomic E-state index is 0.196. The molecule has 0 aliphatic heterocycles. The second kappa shape index (κ2) is 5.07. The van der Waals surface area contributed by atoms with Gasteiger partial charge in [-0.05, 0) is 28.9 Å². The van der Waals surface area contributed by atoms with Gasteiger partial charge < -0.3 is 4.42 Å². The van der Waals surface area contributed by atoms with Gasteiger partial charge in [0.05, 0.1) is 6.26 Å². The van der Waals surface area contributed by atoms with Gasteiger partial charge in [0.15, 0.2) is 0 Å². The van der Waals surface area contributed by atoms with Crippen molar-refractivity contribution in [3.8, 4) is 0 Å². The summed E-state index contributed by atoms with van der Waals surface area (Å²) < 4.78 is 5.67. The second-order valence-electron chi connectivity index (χ2n) is 6.17. The lowest BCUT2D eigenvalue weighted by Gasteiger charge is -2.17. The molecule has 0 spiro atoms. The zero-order chi connectivity index (χ0) is 12.3. The number of hydrogen-bond donors (Lipinski definition) is 0. The van der Waals surface area contributed by atoms with E-state index >= 15 is 0 Å². The highest BCUT2D eigenvalue weighted by Gasteiger charge is 2.19. The molecule has 1 heteroatoms. The number of furan rings is 1. The Bertz CT molecular complexity index is 314. The van der Waals surface area contributed by atoms with Crippen LogP contribution in [0.4, 0.5) is 0 Å². The monoisotopic (exact) mass is 222 g/mol. The quantitative estimate of drug-likeness (QED) is 0.713. The van der Waals surface area contributed by atoms with Gasteiger partial charge in [-0.15, -0.1) is 0 Å². The zero-order valence-electron chi connectivity index (χ0n) is 11.6. The lowest BCUT2D eigenvalue weighted by Crippen LogP contribution is -2.11. The summed E-state index contributed by atoms with van der Waals surface area (Å²) in [6, 6.07) is 2.23. The fraction of sp³-hybridized carbons (Fsp3) is 0.733. The summed E-state index contributed by atoms with van der Waals surface area (Å²) in [5.74, 6) is 2.61. The number of rotatable bonds is 4. The van der Waals surface area contributed by atoms with E-state index in [0.29, 0.717) is 0 Å². The van der Waals surface area contributed by atoms with Crippen molar-refractivity contribution in [3.63, 3.8) is 0 Å². The SMILES string of the molecule is CCC(Cc1cc(C(C)(C)C)co1)C(C)C. The third kappa shape index (κ3) is 3.40. The molecule has 0 bridgehead atoms. The highest BCUT2D eigenvalue weighted by molar-refractivity contribution is 5.21. The molecule has 0 N–H and O–H groups in total. The molecular weight excluding hydrogens is 196 g/mol. The van der Waals surface area contributed by atoms with E-state index < -0.39 is 0 Å². The van der Waals surface area contributed by atoms with Crippen LogP contribution in [0.15, 0.2) is 16.7 Å². The van der Waals surface area contributed by atoms with Crippen molar-refractivity contribution in [2.24, 2.45) is 11.8 Å². The Hall–Kier alpha value is -0.720. The van der Waals surface area contributed by atoms with Crippen LogP contribution in [-0.2, 0) is 11.8 Å². The average Bonchev–Trinajstić information content (AvgIpc) is 2.61. The summed E-state index contributed by atoms with van der Waals surface area (Å²) in [6.45, 7) is 13.5. The van der Waals surface area contributed by atoms with Gasteiger partial charge in [0.1, 0.15) is 5.76 Å². The molecule has 0 radical (unpaired) electrons. The fourth-order valence-corrected chi connectivity index (χ4v) is 1.99. The molecule has 0 saturated heterocycles. The predicted octanol–water partition coefficient (Wildman–Crippen LogP) is 4.80. The van der Waals surface area contributed by atoms with Crippen LogP contribution in [-0.4, -0.2) is 0 Å². The minimum absolute atomic E-state index is 0.196. The van der Waals surface area contributed by atoms with Crippen LogP contribution < -0.4 is 0 Å². The van der Waals surface area contributed by atoms with Gasteiger partial charge in [0, 0.05) is 6.42 Å². The van der Waals surface area contributed by atoms with E-state index in [1.807, 2.05) is 6.26 Å². The van der Waals surface area contributed by atoms with Crippen LogP contribution in [0, 0.1) is 11.8 Å². The molecular formula is C15H26O. The van der Waals surface area contributed by atoms with E-state index in [1.54, 1.807) is 0 Å². The van der Waals surface area contributed by atoms with Crippen molar-refractivity contribution < 1.29 is 4.42 Å². The van der Waals surface area contributed by atoms with E-state index in [1.165, 1.54) is 12.0 Å². The largest absolute Gasteiger partial charge is 0.469 e. The van der Waals surface area contributed by atoms with Gasteiger partial charge >= 0.3 is 0 Å². The Morgan fingerprint density at radius 1 is 1.25 bits per heavy atom. The van der Waals surface area contributed by atoms with Crippen LogP contribution in [0.2, 0.25) is 0 Å². The highest BCUT2D eigenvalue weighted by Crippen LogP contribution is 2.27. The number of hydrogen-bond acceptors (Lipinski definition) is 1. The molecule has 92 valence electrons. The highest BCUT2D eigenvalue weighted by atomic mass is 16.3. The molecule has 0 aliphatic carbocycles. The summed E-state index contributed by atoms with van der Waals surface area (Å²) in [5, 5.41) is 0. The summed E-state index contributed by atoms with van der Waals surface area (Å²) in [4.78, 5) is 0. The molecule has 1 aromatic heterocycles. The minimum Gasteiger partial charge on any atom is -0.469 e. The van der Waals surface area contributed by atoms with Crippen molar-refractivity contribution in [2.45, 2.75) is 59.8 Å². The summed E-state index contributed by atoms with van der Waals surface area (Å²) in [6.07, 6.45) is 4.22. The molecule has 0 amide bonds. The maximum atomic E-state index is 5.67. The van der Waals surface area contributed by atoms with E-state index in [4.69, 9.17) is 4.42 Å². The molecule has 1 aromatic rings. The molecule has 1 atom stereocenters. The van der Waals surface area contributed by atoms with Crippen molar-refractivity contribution in [3.05, 3.63) is 23.7 Å². The first-order valence-corrected chi connectivity index (χ1v) is 6.42. The molecule has 1 heterocycles. The molecule has 1 nitrogen and oxygen atoms in total. The van der Waals surface area contributed by atoms with Crippen molar-refractivity contribution in [2.75, 3.05) is 0 Å². The summed E-state index contributed by atoms with van der Waals surface area (Å²) >= 11 is 0. The predicted molar refractivity (Wildman–Crippen MR) is 69.7 cm³/mol. The molecule has 16 heavy (non-hydrogen) atoms. The Morgan fingerprint density at radius 3 is 2.25 bits per heavy atom. The lowest BCUT2D eigenvalue weighted by molar-refractivity contribution is 0.341. The van der Waals surface area contributed by atoms with Gasteiger partial charge in [-0.25, -0.2) is 0 Å². The maximum Gasteiger partial charge on any atom is 0.104 e. The normalized spacial score (nSPS) is 14.4. The van der Waals surface area contributed by atoms with Gasteiger partial charge in [-0.2, -0.15) is 0 Å². The van der Waals surface area contributed by atoms with Gasteiger partial charge in [0.2, 0.25) is 0 Å². The van der Waals surface area contributed by atoms with E-state index in [2.05, 4.69) is 47.6 Å². The first kappa shape index (κ1) is 13.3. The first-order valence-electron chi connectivity index (χ1n) is 6.42. The van der Waals surface area contributed by atoms with Crippen molar-refractivity contribution >= 4 is 0 Å². The van der Waals surface area contributed by atoms with Gasteiger partial charge in [-0.1, -0.05) is 48.0 Å². The lowest BCUT2D eigenvalue weighted by atomic mass is 9.87. The van der Waals surface area contributed by atoms with Crippen molar-refractivity contribution in [1.29, 1.82) is 0 Å². The zero-order valence-corrected chi connectivity index (χ0v) is 11.6. The van der Waals surface area contributed by atoms with Gasteiger partial charge in [-0.3, -0.25) is 0 Å². The van der Waals surface area contributed by atoms with Crippen LogP contribution in [0.25, 0.3) is 0 Å². The molecule has 0 saturated carbocycles. The third-order valence-electron chi connectivity index (χ3n) is 3.45. The van der Waals surface area contributed by atoms with E-state index in [0.717, 1.165) is 24.0 Å². The molecule has 1 unspecified atom stereocenters. The molecule has 1 rings (SSSR count). The molecule has 0 fully saturated rings. The fourth-order valence-electron chi connectivity index (χ4n) is 1.99. The van der Waals surface area contributed by atoms with Crippen molar-refractivity contribution in [1.82, 2.24) is 0 Å². The second-order valence-corrected chi connectivity index (χ2v) is 6.17. The Morgan fingerprint density at radius 2 is 1.88 bits per heavy atom. The Labute approximate surface area is 100 Å². The molecule has 0 aliphatic rings. The van der Waals surface area contributed by atoms with Gasteiger partial charge in [0.25, 0.3) is 0 Å². The smallest absolute Gasteiger partial charge is 0.104 e. The van der Waals surface area contributed by atoms with E-state index in [-0.39, 0.29) is 5.41 Å². The van der Waals surface area contributed by atoms with Crippen LogP contribution >= 0.6 is 0 Å². The van der Waals surface area contributed by atoms with E-state index in [9.17, 15) is 0 Å². The summed E-state index contributed by atoms with van der Waals surface area (Å²) in [5.41, 5.74) is 1.50.